The van der Waals surface area contributed by atoms with E-state index >= 15 is 0 Å². The normalized spacial score (nSPS) is 12.5. The van der Waals surface area contributed by atoms with E-state index in [0.29, 0.717) is 19.4 Å². The minimum atomic E-state index is -0.170. The first kappa shape index (κ1) is 12.5. The molecule has 1 aromatic heterocycles. The molecule has 0 spiro atoms. The van der Waals surface area contributed by atoms with Gasteiger partial charge in [-0.3, -0.25) is 4.79 Å². The quantitative estimate of drug-likeness (QED) is 0.585. The van der Waals surface area contributed by atoms with Gasteiger partial charge in [-0.2, -0.15) is 0 Å². The summed E-state index contributed by atoms with van der Waals surface area (Å²) < 4.78 is 4.84. The van der Waals surface area contributed by atoms with Gasteiger partial charge in [-0.15, -0.1) is 22.9 Å². The fourth-order valence-electron chi connectivity index (χ4n) is 1.24. The lowest BCUT2D eigenvalue weighted by Gasteiger charge is -2.06. The SMILES string of the molecule is CCOC(=O)CCC(Cl)c1ccc(C)s1. The van der Waals surface area contributed by atoms with E-state index in [1.807, 2.05) is 19.1 Å². The van der Waals surface area contributed by atoms with Gasteiger partial charge >= 0.3 is 5.97 Å². The third-order valence-electron chi connectivity index (χ3n) is 1.98. The molecule has 1 heterocycles. The summed E-state index contributed by atoms with van der Waals surface area (Å²) in [5.41, 5.74) is 0. The van der Waals surface area contributed by atoms with Crippen LogP contribution in [0, 0.1) is 6.92 Å². The van der Waals surface area contributed by atoms with E-state index < -0.39 is 0 Å². The second kappa shape index (κ2) is 6.13. The Hall–Kier alpha value is -0.540. The van der Waals surface area contributed by atoms with Crippen LogP contribution < -0.4 is 0 Å². The van der Waals surface area contributed by atoms with Crippen molar-refractivity contribution in [3.05, 3.63) is 21.9 Å². The Morgan fingerprint density at radius 2 is 2.33 bits per heavy atom. The van der Waals surface area contributed by atoms with Crippen LogP contribution in [0.1, 0.15) is 34.9 Å². The summed E-state index contributed by atoms with van der Waals surface area (Å²) in [4.78, 5) is 13.5. The predicted octanol–water partition coefficient (Wildman–Crippen LogP) is 3.68. The largest absolute Gasteiger partial charge is 0.466 e. The number of carbonyl (C=O) groups is 1. The smallest absolute Gasteiger partial charge is 0.305 e. The highest BCUT2D eigenvalue weighted by atomic mass is 35.5. The number of hydrogen-bond donors (Lipinski definition) is 0. The Bertz CT molecular complexity index is 322. The van der Waals surface area contributed by atoms with Gasteiger partial charge < -0.3 is 4.74 Å². The Morgan fingerprint density at radius 1 is 1.60 bits per heavy atom. The van der Waals surface area contributed by atoms with E-state index in [-0.39, 0.29) is 11.3 Å². The molecule has 0 N–H and O–H groups in total. The summed E-state index contributed by atoms with van der Waals surface area (Å²) in [6.45, 7) is 4.28. The van der Waals surface area contributed by atoms with Gasteiger partial charge in [-0.1, -0.05) is 0 Å². The predicted molar refractivity (Wildman–Crippen MR) is 63.5 cm³/mol. The van der Waals surface area contributed by atoms with Crippen molar-refractivity contribution in [2.24, 2.45) is 0 Å². The standard InChI is InChI=1S/C11H15ClO2S/c1-3-14-11(13)7-5-9(12)10-6-4-8(2)15-10/h4,6,9H,3,5,7H2,1-2H3. The maximum atomic E-state index is 11.1. The highest BCUT2D eigenvalue weighted by Crippen LogP contribution is 2.31. The molecule has 0 bridgehead atoms. The summed E-state index contributed by atoms with van der Waals surface area (Å²) >= 11 is 7.84. The first-order valence-electron chi connectivity index (χ1n) is 4.99. The first-order chi connectivity index (χ1) is 7.13. The number of halogens is 1. The van der Waals surface area contributed by atoms with Crippen molar-refractivity contribution in [1.82, 2.24) is 0 Å². The van der Waals surface area contributed by atoms with Crippen molar-refractivity contribution >= 4 is 28.9 Å². The molecule has 1 aromatic rings. The monoisotopic (exact) mass is 246 g/mol. The van der Waals surface area contributed by atoms with Crippen LogP contribution in [-0.2, 0) is 9.53 Å². The van der Waals surface area contributed by atoms with Gasteiger partial charge in [0.15, 0.2) is 0 Å². The molecule has 1 rings (SSSR count). The molecule has 1 unspecified atom stereocenters. The van der Waals surface area contributed by atoms with E-state index in [1.54, 1.807) is 18.3 Å². The average molecular weight is 247 g/mol. The molecule has 0 radical (unpaired) electrons. The van der Waals surface area contributed by atoms with Crippen LogP contribution in [0.25, 0.3) is 0 Å². The van der Waals surface area contributed by atoms with Crippen LogP contribution >= 0.6 is 22.9 Å². The van der Waals surface area contributed by atoms with Crippen molar-refractivity contribution in [3.63, 3.8) is 0 Å². The van der Waals surface area contributed by atoms with Gasteiger partial charge in [0.05, 0.1) is 12.0 Å². The van der Waals surface area contributed by atoms with Crippen LogP contribution in [-0.4, -0.2) is 12.6 Å². The fraction of sp³-hybridized carbons (Fsp3) is 0.545. The molecule has 0 aliphatic carbocycles. The van der Waals surface area contributed by atoms with Crippen LogP contribution in [0.4, 0.5) is 0 Å². The maximum Gasteiger partial charge on any atom is 0.305 e. The number of aryl methyl sites for hydroxylation is 1. The average Bonchev–Trinajstić information content (AvgIpc) is 2.62. The zero-order chi connectivity index (χ0) is 11.3. The molecule has 4 heteroatoms. The third-order valence-corrected chi connectivity index (χ3v) is 3.67. The molecule has 0 amide bonds. The Kier molecular flexibility index (Phi) is 5.12. The molecule has 0 aliphatic rings. The first-order valence-corrected chi connectivity index (χ1v) is 6.24. The van der Waals surface area contributed by atoms with Gasteiger partial charge in [0.25, 0.3) is 0 Å². The molecular formula is C11H15ClO2S. The molecule has 0 saturated carbocycles. The van der Waals surface area contributed by atoms with Crippen LogP contribution in [0.3, 0.4) is 0 Å². The zero-order valence-corrected chi connectivity index (χ0v) is 10.5. The summed E-state index contributed by atoms with van der Waals surface area (Å²) in [5.74, 6) is -0.170. The van der Waals surface area contributed by atoms with Gasteiger partial charge in [0.2, 0.25) is 0 Å². The zero-order valence-electron chi connectivity index (χ0n) is 8.96. The summed E-state index contributed by atoms with van der Waals surface area (Å²) in [5, 5.41) is -0.0758. The van der Waals surface area contributed by atoms with Crippen molar-refractivity contribution < 1.29 is 9.53 Å². The lowest BCUT2D eigenvalue weighted by atomic mass is 10.2. The van der Waals surface area contributed by atoms with Gasteiger partial charge in [-0.25, -0.2) is 0 Å². The minimum Gasteiger partial charge on any atom is -0.466 e. The van der Waals surface area contributed by atoms with Gasteiger partial charge in [-0.05, 0) is 32.4 Å². The molecular weight excluding hydrogens is 232 g/mol. The molecule has 0 aromatic carbocycles. The number of carbonyl (C=O) groups excluding carboxylic acids is 1. The van der Waals surface area contributed by atoms with E-state index in [1.165, 1.54) is 4.88 Å². The number of rotatable bonds is 5. The van der Waals surface area contributed by atoms with E-state index in [9.17, 15) is 4.79 Å². The van der Waals surface area contributed by atoms with E-state index in [4.69, 9.17) is 16.3 Å². The van der Waals surface area contributed by atoms with Crippen LogP contribution in [0.2, 0.25) is 0 Å². The topological polar surface area (TPSA) is 26.3 Å². The Morgan fingerprint density at radius 3 is 2.87 bits per heavy atom. The molecule has 0 saturated heterocycles. The number of ether oxygens (including phenoxy) is 1. The van der Waals surface area contributed by atoms with Crippen LogP contribution in [0.15, 0.2) is 12.1 Å². The molecule has 1 atom stereocenters. The highest BCUT2D eigenvalue weighted by Gasteiger charge is 2.12. The number of hydrogen-bond acceptors (Lipinski definition) is 3. The second-order valence-corrected chi connectivity index (χ2v) is 5.11. The Labute approximate surface area is 99.2 Å². The lowest BCUT2D eigenvalue weighted by Crippen LogP contribution is -2.04. The van der Waals surface area contributed by atoms with Crippen molar-refractivity contribution in [1.29, 1.82) is 0 Å². The molecule has 84 valence electrons. The third kappa shape index (κ3) is 4.22. The van der Waals surface area contributed by atoms with Gasteiger partial charge in [0.1, 0.15) is 0 Å². The van der Waals surface area contributed by atoms with Crippen molar-refractivity contribution in [2.75, 3.05) is 6.61 Å². The van der Waals surface area contributed by atoms with Crippen molar-refractivity contribution in [3.8, 4) is 0 Å². The van der Waals surface area contributed by atoms with Crippen LogP contribution in [0.5, 0.6) is 0 Å². The van der Waals surface area contributed by atoms with E-state index in [0.717, 1.165) is 4.88 Å². The number of thiophene rings is 1. The summed E-state index contributed by atoms with van der Waals surface area (Å²) in [6.07, 6.45) is 1.03. The number of esters is 1. The summed E-state index contributed by atoms with van der Waals surface area (Å²) in [6, 6.07) is 4.06. The fourth-order valence-corrected chi connectivity index (χ4v) is 2.45. The molecule has 15 heavy (non-hydrogen) atoms. The Balaban J connectivity index is 2.36. The highest BCUT2D eigenvalue weighted by molar-refractivity contribution is 7.12. The van der Waals surface area contributed by atoms with Gasteiger partial charge in [0, 0.05) is 16.2 Å². The van der Waals surface area contributed by atoms with Crippen molar-refractivity contribution in [2.45, 2.75) is 32.1 Å². The summed E-state index contributed by atoms with van der Waals surface area (Å²) in [7, 11) is 0. The minimum absolute atomic E-state index is 0.0758. The maximum absolute atomic E-state index is 11.1. The molecule has 2 nitrogen and oxygen atoms in total. The lowest BCUT2D eigenvalue weighted by molar-refractivity contribution is -0.143. The molecule has 0 fully saturated rings. The second-order valence-electron chi connectivity index (χ2n) is 3.26. The number of alkyl halides is 1. The van der Waals surface area contributed by atoms with E-state index in [2.05, 4.69) is 0 Å². The molecule has 0 aliphatic heterocycles.